The normalized spacial score (nSPS) is 19.3. The van der Waals surface area contributed by atoms with E-state index in [4.69, 9.17) is 0 Å². The largest absolute Gasteiger partial charge is 0.339 e. The second-order valence-electron chi connectivity index (χ2n) is 5.19. The molecule has 3 nitrogen and oxygen atoms in total. The molecule has 1 N–H and O–H groups in total. The summed E-state index contributed by atoms with van der Waals surface area (Å²) in [5.74, 6) is 0.725. The number of nitrogens with one attached hydrogen (secondary N) is 1. The molecule has 3 heteroatoms. The topological polar surface area (TPSA) is 32.3 Å². The molecule has 1 aromatic rings. The predicted octanol–water partition coefficient (Wildman–Crippen LogP) is 2.08. The van der Waals surface area contributed by atoms with Crippen LogP contribution in [0.5, 0.6) is 0 Å². The van der Waals surface area contributed by atoms with Gasteiger partial charge in [-0.1, -0.05) is 24.3 Å². The molecule has 1 heterocycles. The highest BCUT2D eigenvalue weighted by atomic mass is 16.2. The lowest BCUT2D eigenvalue weighted by Gasteiger charge is -2.14. The molecule has 0 bridgehead atoms. The number of nitrogens with zero attached hydrogens (tertiary/aromatic N) is 1. The SMILES string of the molecule is CNCC1CCN(C(=O)/C=C/c2ccccc2C)C1. The number of likely N-dealkylation sites (tertiary alicyclic amines) is 1. The first-order chi connectivity index (χ1) is 9.20. The van der Waals surface area contributed by atoms with Gasteiger partial charge in [0.05, 0.1) is 0 Å². The van der Waals surface area contributed by atoms with E-state index in [1.165, 1.54) is 5.56 Å². The third-order valence-electron chi connectivity index (χ3n) is 3.68. The van der Waals surface area contributed by atoms with Gasteiger partial charge in [0, 0.05) is 19.2 Å². The molecule has 0 spiro atoms. The van der Waals surface area contributed by atoms with Gasteiger partial charge < -0.3 is 10.2 Å². The lowest BCUT2D eigenvalue weighted by atomic mass is 10.1. The Morgan fingerprint density at radius 3 is 3.00 bits per heavy atom. The van der Waals surface area contributed by atoms with Crippen LogP contribution >= 0.6 is 0 Å². The van der Waals surface area contributed by atoms with Gasteiger partial charge in [0.2, 0.25) is 5.91 Å². The number of rotatable bonds is 4. The minimum Gasteiger partial charge on any atom is -0.339 e. The summed E-state index contributed by atoms with van der Waals surface area (Å²) in [6.07, 6.45) is 4.72. The van der Waals surface area contributed by atoms with Gasteiger partial charge in [0.25, 0.3) is 0 Å². The van der Waals surface area contributed by atoms with Crippen LogP contribution in [0.3, 0.4) is 0 Å². The molecular formula is C16H22N2O. The third-order valence-corrected chi connectivity index (χ3v) is 3.68. The quantitative estimate of drug-likeness (QED) is 0.839. The number of hydrogen-bond acceptors (Lipinski definition) is 2. The standard InChI is InChI=1S/C16H22N2O/c1-13-5-3-4-6-15(13)7-8-16(19)18-10-9-14(12-18)11-17-2/h3-8,14,17H,9-12H2,1-2H3/b8-7+. The van der Waals surface area contributed by atoms with Crippen LogP contribution in [0.15, 0.2) is 30.3 Å². The molecule has 1 aliphatic rings. The van der Waals surface area contributed by atoms with Crippen molar-refractivity contribution in [3.8, 4) is 0 Å². The van der Waals surface area contributed by atoms with Crippen LogP contribution in [-0.2, 0) is 4.79 Å². The van der Waals surface area contributed by atoms with E-state index in [0.717, 1.165) is 31.6 Å². The van der Waals surface area contributed by atoms with E-state index in [2.05, 4.69) is 18.3 Å². The van der Waals surface area contributed by atoms with Crippen molar-refractivity contribution in [3.63, 3.8) is 0 Å². The Kier molecular flexibility index (Phi) is 4.74. The molecule has 1 aliphatic heterocycles. The summed E-state index contributed by atoms with van der Waals surface area (Å²) in [5, 5.41) is 3.18. The minimum atomic E-state index is 0.127. The molecule has 1 amide bonds. The first-order valence-corrected chi connectivity index (χ1v) is 6.88. The van der Waals surface area contributed by atoms with E-state index in [1.807, 2.05) is 36.2 Å². The monoisotopic (exact) mass is 258 g/mol. The van der Waals surface area contributed by atoms with Gasteiger partial charge >= 0.3 is 0 Å². The fourth-order valence-corrected chi connectivity index (χ4v) is 2.53. The molecule has 0 radical (unpaired) electrons. The Morgan fingerprint density at radius 2 is 2.26 bits per heavy atom. The molecule has 102 valence electrons. The van der Waals surface area contributed by atoms with Gasteiger partial charge in [-0.2, -0.15) is 0 Å². The van der Waals surface area contributed by atoms with Crippen molar-refractivity contribution in [2.24, 2.45) is 5.92 Å². The lowest BCUT2D eigenvalue weighted by molar-refractivity contribution is -0.125. The smallest absolute Gasteiger partial charge is 0.246 e. The summed E-state index contributed by atoms with van der Waals surface area (Å²) in [6.45, 7) is 4.80. The Bertz CT molecular complexity index is 468. The average Bonchev–Trinajstić information content (AvgIpc) is 2.87. The molecular weight excluding hydrogens is 236 g/mol. The second kappa shape index (κ2) is 6.53. The summed E-state index contributed by atoms with van der Waals surface area (Å²) >= 11 is 0. The van der Waals surface area contributed by atoms with Gasteiger partial charge in [0.1, 0.15) is 0 Å². The Morgan fingerprint density at radius 1 is 1.47 bits per heavy atom. The summed E-state index contributed by atoms with van der Waals surface area (Å²) in [5.41, 5.74) is 2.31. The van der Waals surface area contributed by atoms with Gasteiger partial charge in [0.15, 0.2) is 0 Å². The molecule has 0 aromatic heterocycles. The Hall–Kier alpha value is -1.61. The minimum absolute atomic E-state index is 0.127. The number of aryl methyl sites for hydroxylation is 1. The zero-order valence-electron chi connectivity index (χ0n) is 11.7. The maximum Gasteiger partial charge on any atom is 0.246 e. The first-order valence-electron chi connectivity index (χ1n) is 6.88. The van der Waals surface area contributed by atoms with Gasteiger partial charge in [-0.3, -0.25) is 4.79 Å². The molecule has 1 unspecified atom stereocenters. The fourth-order valence-electron chi connectivity index (χ4n) is 2.53. The molecule has 0 aliphatic carbocycles. The van der Waals surface area contributed by atoms with E-state index in [-0.39, 0.29) is 5.91 Å². The second-order valence-corrected chi connectivity index (χ2v) is 5.19. The molecule has 0 saturated carbocycles. The average molecular weight is 258 g/mol. The zero-order valence-corrected chi connectivity index (χ0v) is 11.7. The molecule has 19 heavy (non-hydrogen) atoms. The molecule has 1 fully saturated rings. The van der Waals surface area contributed by atoms with Gasteiger partial charge in [-0.15, -0.1) is 0 Å². The van der Waals surface area contributed by atoms with Crippen molar-refractivity contribution in [1.82, 2.24) is 10.2 Å². The zero-order chi connectivity index (χ0) is 13.7. The van der Waals surface area contributed by atoms with Crippen LogP contribution in [0, 0.1) is 12.8 Å². The number of amides is 1. The van der Waals surface area contributed by atoms with Crippen molar-refractivity contribution in [3.05, 3.63) is 41.5 Å². The van der Waals surface area contributed by atoms with E-state index in [1.54, 1.807) is 6.08 Å². The van der Waals surface area contributed by atoms with Crippen LogP contribution in [0.4, 0.5) is 0 Å². The first kappa shape index (κ1) is 13.8. The van der Waals surface area contributed by atoms with Crippen molar-refractivity contribution < 1.29 is 4.79 Å². The number of carbonyl (C=O) groups excluding carboxylic acids is 1. The summed E-state index contributed by atoms with van der Waals surface area (Å²) < 4.78 is 0. The molecule has 1 aromatic carbocycles. The van der Waals surface area contributed by atoms with E-state index >= 15 is 0 Å². The predicted molar refractivity (Wildman–Crippen MR) is 78.8 cm³/mol. The lowest BCUT2D eigenvalue weighted by Crippen LogP contribution is -2.28. The van der Waals surface area contributed by atoms with E-state index in [0.29, 0.717) is 5.92 Å². The highest BCUT2D eigenvalue weighted by Gasteiger charge is 2.24. The highest BCUT2D eigenvalue weighted by Crippen LogP contribution is 2.16. The van der Waals surface area contributed by atoms with Gasteiger partial charge in [-0.05, 0) is 50.1 Å². The van der Waals surface area contributed by atoms with Crippen molar-refractivity contribution >= 4 is 12.0 Å². The summed E-state index contributed by atoms with van der Waals surface area (Å²) in [6, 6.07) is 8.10. The number of hydrogen-bond donors (Lipinski definition) is 1. The maximum atomic E-state index is 12.1. The number of carbonyl (C=O) groups is 1. The highest BCUT2D eigenvalue weighted by molar-refractivity contribution is 5.92. The van der Waals surface area contributed by atoms with Gasteiger partial charge in [-0.25, -0.2) is 0 Å². The Balaban J connectivity index is 1.93. The van der Waals surface area contributed by atoms with Crippen LogP contribution < -0.4 is 5.32 Å². The van der Waals surface area contributed by atoms with Crippen LogP contribution in [0.1, 0.15) is 17.5 Å². The number of benzene rings is 1. The van der Waals surface area contributed by atoms with E-state index in [9.17, 15) is 4.79 Å². The third kappa shape index (κ3) is 3.67. The fraction of sp³-hybridized carbons (Fsp3) is 0.438. The van der Waals surface area contributed by atoms with Crippen LogP contribution in [0.25, 0.3) is 6.08 Å². The van der Waals surface area contributed by atoms with Crippen molar-refractivity contribution in [2.75, 3.05) is 26.7 Å². The molecule has 1 atom stereocenters. The summed E-state index contributed by atoms with van der Waals surface area (Å²) in [4.78, 5) is 14.0. The van der Waals surface area contributed by atoms with Crippen LogP contribution in [-0.4, -0.2) is 37.5 Å². The van der Waals surface area contributed by atoms with E-state index < -0.39 is 0 Å². The van der Waals surface area contributed by atoms with Crippen LogP contribution in [0.2, 0.25) is 0 Å². The summed E-state index contributed by atoms with van der Waals surface area (Å²) in [7, 11) is 1.96. The Labute approximate surface area is 115 Å². The maximum absolute atomic E-state index is 12.1. The molecule has 1 saturated heterocycles. The van der Waals surface area contributed by atoms with Crippen molar-refractivity contribution in [2.45, 2.75) is 13.3 Å². The van der Waals surface area contributed by atoms with Crippen molar-refractivity contribution in [1.29, 1.82) is 0 Å². The molecule has 2 rings (SSSR count).